The smallest absolute Gasteiger partial charge is 0.257 e. The Balaban J connectivity index is 1.31. The number of aryl methyl sites for hydroxylation is 2. The minimum atomic E-state index is -0.453. The van der Waals surface area contributed by atoms with Crippen molar-refractivity contribution in [3.63, 3.8) is 0 Å². The van der Waals surface area contributed by atoms with Gasteiger partial charge in [0.15, 0.2) is 6.10 Å². The van der Waals surface area contributed by atoms with Crippen LogP contribution in [-0.4, -0.2) is 45.6 Å². The van der Waals surface area contributed by atoms with Crippen LogP contribution in [0.3, 0.4) is 0 Å². The van der Waals surface area contributed by atoms with Crippen molar-refractivity contribution in [2.24, 2.45) is 0 Å². The number of carbonyl (C=O) groups is 1. The first-order chi connectivity index (χ1) is 15.1. The molecule has 1 atom stereocenters. The molecule has 0 N–H and O–H groups in total. The highest BCUT2D eigenvalue weighted by Gasteiger charge is 2.30. The van der Waals surface area contributed by atoms with E-state index in [1.807, 2.05) is 32.0 Å². The number of carbonyl (C=O) groups excluding carboxylic acids is 1. The van der Waals surface area contributed by atoms with Crippen LogP contribution in [0, 0.1) is 13.8 Å². The molecule has 1 fully saturated rings. The van der Waals surface area contributed by atoms with Crippen LogP contribution in [0.1, 0.15) is 28.7 Å². The molecular formula is C23H22N4O4. The summed E-state index contributed by atoms with van der Waals surface area (Å²) < 4.78 is 16.9. The fourth-order valence-electron chi connectivity index (χ4n) is 4.04. The molecule has 8 heteroatoms. The van der Waals surface area contributed by atoms with Crippen molar-refractivity contribution in [3.8, 4) is 11.4 Å². The molecule has 1 saturated heterocycles. The van der Waals surface area contributed by atoms with E-state index in [0.29, 0.717) is 31.4 Å². The summed E-state index contributed by atoms with van der Waals surface area (Å²) in [5.74, 6) is 0.856. The van der Waals surface area contributed by atoms with Gasteiger partial charge in [-0.25, -0.2) is 0 Å². The van der Waals surface area contributed by atoms with E-state index in [4.69, 9.17) is 13.7 Å². The lowest BCUT2D eigenvalue weighted by Crippen LogP contribution is -2.43. The minimum absolute atomic E-state index is 0.0184. The second kappa shape index (κ2) is 7.96. The van der Waals surface area contributed by atoms with Crippen LogP contribution in [0.2, 0.25) is 0 Å². The quantitative estimate of drug-likeness (QED) is 0.499. The maximum atomic E-state index is 13.0. The van der Waals surface area contributed by atoms with Crippen molar-refractivity contribution in [1.82, 2.24) is 20.0 Å². The Morgan fingerprint density at radius 1 is 1.23 bits per heavy atom. The van der Waals surface area contributed by atoms with Crippen LogP contribution in [0.15, 0.2) is 51.9 Å². The molecule has 1 amide bonds. The van der Waals surface area contributed by atoms with Crippen molar-refractivity contribution in [2.75, 3.05) is 19.7 Å². The first-order valence-corrected chi connectivity index (χ1v) is 10.2. The number of fused-ring (bicyclic) bond motifs is 1. The highest BCUT2D eigenvalue weighted by molar-refractivity contribution is 5.90. The van der Waals surface area contributed by atoms with Crippen molar-refractivity contribution in [2.45, 2.75) is 26.4 Å². The SMILES string of the molecule is Cc1cc(C)c2c(CC(=O)N3CCOC(c4nc(-c5ccncc5)no4)C3)coc2c1. The number of aromatic nitrogens is 3. The number of hydrogen-bond acceptors (Lipinski definition) is 7. The van der Waals surface area contributed by atoms with Crippen LogP contribution in [0.25, 0.3) is 22.4 Å². The monoisotopic (exact) mass is 418 g/mol. The summed E-state index contributed by atoms with van der Waals surface area (Å²) in [4.78, 5) is 23.3. The van der Waals surface area contributed by atoms with Gasteiger partial charge in [-0.05, 0) is 43.2 Å². The zero-order chi connectivity index (χ0) is 21.4. The predicted molar refractivity (Wildman–Crippen MR) is 112 cm³/mol. The minimum Gasteiger partial charge on any atom is -0.464 e. The average Bonchev–Trinajstić information content (AvgIpc) is 3.42. The van der Waals surface area contributed by atoms with Gasteiger partial charge >= 0.3 is 0 Å². The second-order valence-electron chi connectivity index (χ2n) is 7.78. The molecule has 0 radical (unpaired) electrons. The molecule has 4 aromatic rings. The molecule has 1 aliphatic rings. The number of hydrogen-bond donors (Lipinski definition) is 0. The van der Waals surface area contributed by atoms with Gasteiger partial charge in [-0.3, -0.25) is 9.78 Å². The first kappa shape index (κ1) is 19.4. The molecule has 0 spiro atoms. The van der Waals surface area contributed by atoms with Gasteiger partial charge in [0.1, 0.15) is 5.58 Å². The lowest BCUT2D eigenvalue weighted by Gasteiger charge is -2.31. The third-order valence-corrected chi connectivity index (χ3v) is 5.51. The Labute approximate surface area is 178 Å². The third kappa shape index (κ3) is 3.82. The van der Waals surface area contributed by atoms with E-state index in [1.54, 1.807) is 23.6 Å². The highest BCUT2D eigenvalue weighted by atomic mass is 16.5. The fourth-order valence-corrected chi connectivity index (χ4v) is 4.04. The number of ether oxygens (including phenoxy) is 1. The molecule has 1 aromatic carbocycles. The molecule has 31 heavy (non-hydrogen) atoms. The maximum absolute atomic E-state index is 13.0. The molecular weight excluding hydrogens is 396 g/mol. The van der Waals surface area contributed by atoms with E-state index in [-0.39, 0.29) is 12.3 Å². The molecule has 1 unspecified atom stereocenters. The molecule has 0 aliphatic carbocycles. The summed E-state index contributed by atoms with van der Waals surface area (Å²) >= 11 is 0. The third-order valence-electron chi connectivity index (χ3n) is 5.51. The van der Waals surface area contributed by atoms with Crippen molar-refractivity contribution in [3.05, 3.63) is 65.5 Å². The molecule has 1 aliphatic heterocycles. The first-order valence-electron chi connectivity index (χ1n) is 10.2. The number of morpholine rings is 1. The van der Waals surface area contributed by atoms with E-state index in [2.05, 4.69) is 21.2 Å². The van der Waals surface area contributed by atoms with Crippen LogP contribution < -0.4 is 0 Å². The van der Waals surface area contributed by atoms with Crippen LogP contribution >= 0.6 is 0 Å². The Hall–Kier alpha value is -3.52. The topological polar surface area (TPSA) is 94.5 Å². The summed E-state index contributed by atoms with van der Waals surface area (Å²) in [6.07, 6.45) is 4.85. The summed E-state index contributed by atoms with van der Waals surface area (Å²) in [6.45, 7) is 5.37. The number of nitrogens with zero attached hydrogens (tertiary/aromatic N) is 4. The van der Waals surface area contributed by atoms with Crippen LogP contribution in [-0.2, 0) is 16.0 Å². The Morgan fingerprint density at radius 3 is 2.90 bits per heavy atom. The number of benzene rings is 1. The fraction of sp³-hybridized carbons (Fsp3) is 0.304. The van der Waals surface area contributed by atoms with Crippen molar-refractivity contribution >= 4 is 16.9 Å². The number of rotatable bonds is 4. The molecule has 4 heterocycles. The average molecular weight is 418 g/mol. The zero-order valence-corrected chi connectivity index (χ0v) is 17.4. The largest absolute Gasteiger partial charge is 0.464 e. The van der Waals surface area contributed by atoms with Gasteiger partial charge in [0.25, 0.3) is 5.89 Å². The summed E-state index contributed by atoms with van der Waals surface area (Å²) in [5.41, 5.74) is 4.78. The van der Waals surface area contributed by atoms with Crippen LogP contribution in [0.5, 0.6) is 0 Å². The summed E-state index contributed by atoms with van der Waals surface area (Å²) in [5, 5.41) is 5.05. The Kier molecular flexibility index (Phi) is 4.99. The highest BCUT2D eigenvalue weighted by Crippen LogP contribution is 2.28. The predicted octanol–water partition coefficient (Wildman–Crippen LogP) is 3.64. The summed E-state index contributed by atoms with van der Waals surface area (Å²) in [6, 6.07) is 7.72. The molecule has 5 rings (SSSR count). The van der Waals surface area contributed by atoms with Gasteiger partial charge in [0.2, 0.25) is 11.7 Å². The number of furan rings is 1. The normalized spacial score (nSPS) is 16.7. The molecule has 8 nitrogen and oxygen atoms in total. The van der Waals surface area contributed by atoms with Gasteiger partial charge < -0.3 is 18.6 Å². The second-order valence-corrected chi connectivity index (χ2v) is 7.78. The maximum Gasteiger partial charge on any atom is 0.257 e. The van der Waals surface area contributed by atoms with Gasteiger partial charge in [-0.1, -0.05) is 11.2 Å². The lowest BCUT2D eigenvalue weighted by molar-refractivity contribution is -0.139. The number of amides is 1. The van der Waals surface area contributed by atoms with Crippen LogP contribution in [0.4, 0.5) is 0 Å². The van der Waals surface area contributed by atoms with E-state index >= 15 is 0 Å². The Morgan fingerprint density at radius 2 is 2.06 bits per heavy atom. The zero-order valence-electron chi connectivity index (χ0n) is 17.4. The molecule has 3 aromatic heterocycles. The summed E-state index contributed by atoms with van der Waals surface area (Å²) in [7, 11) is 0. The van der Waals surface area contributed by atoms with Gasteiger partial charge in [0.05, 0.1) is 25.8 Å². The van der Waals surface area contributed by atoms with Crippen molar-refractivity contribution in [1.29, 1.82) is 0 Å². The Bertz CT molecular complexity index is 1230. The van der Waals surface area contributed by atoms with Gasteiger partial charge in [-0.2, -0.15) is 4.98 Å². The molecule has 158 valence electrons. The van der Waals surface area contributed by atoms with Gasteiger partial charge in [-0.15, -0.1) is 0 Å². The van der Waals surface area contributed by atoms with Crippen molar-refractivity contribution < 1.29 is 18.5 Å². The molecule has 0 saturated carbocycles. The van der Waals surface area contributed by atoms with E-state index < -0.39 is 6.10 Å². The number of pyridine rings is 1. The van der Waals surface area contributed by atoms with Gasteiger partial charge in [0, 0.05) is 35.5 Å². The van der Waals surface area contributed by atoms with E-state index in [0.717, 1.165) is 33.2 Å². The molecule has 0 bridgehead atoms. The van der Waals surface area contributed by atoms with E-state index in [1.165, 1.54) is 0 Å². The van der Waals surface area contributed by atoms with E-state index in [9.17, 15) is 4.79 Å². The standard InChI is InChI=1S/C23H22N4O4/c1-14-9-15(2)21-17(13-30-18(21)10-14)11-20(28)27-7-8-29-19(12-27)23-25-22(26-31-23)16-3-5-24-6-4-16/h3-6,9-10,13,19H,7-8,11-12H2,1-2H3. The lowest BCUT2D eigenvalue weighted by atomic mass is 10.0.